The number of carbonyl (C=O) groups excluding carboxylic acids is 1. The zero-order chi connectivity index (χ0) is 18.1. The van der Waals surface area contributed by atoms with Crippen LogP contribution < -0.4 is 5.32 Å². The number of carbonyl (C=O) groups is 1. The van der Waals surface area contributed by atoms with E-state index in [1.54, 1.807) is 0 Å². The van der Waals surface area contributed by atoms with E-state index < -0.39 is 39.6 Å². The topological polar surface area (TPSA) is 72.2 Å². The van der Waals surface area contributed by atoms with Crippen LogP contribution in [0, 0.1) is 15.9 Å². The van der Waals surface area contributed by atoms with Gasteiger partial charge in [-0.15, -0.1) is 0 Å². The number of alkyl halides is 3. The molecular formula is C14H7ClF4N2O3. The van der Waals surface area contributed by atoms with E-state index in [1.165, 1.54) is 6.07 Å². The fourth-order valence-electron chi connectivity index (χ4n) is 1.87. The Kier molecular flexibility index (Phi) is 4.74. The third-order valence-corrected chi connectivity index (χ3v) is 3.16. The summed E-state index contributed by atoms with van der Waals surface area (Å²) in [6.45, 7) is 0. The predicted octanol–water partition coefficient (Wildman–Crippen LogP) is 4.66. The molecule has 10 heteroatoms. The Labute approximate surface area is 137 Å². The van der Waals surface area contributed by atoms with Gasteiger partial charge < -0.3 is 5.32 Å². The maximum atomic E-state index is 13.6. The summed E-state index contributed by atoms with van der Waals surface area (Å²) in [4.78, 5) is 21.4. The van der Waals surface area contributed by atoms with Gasteiger partial charge in [0.1, 0.15) is 11.4 Å². The molecule has 0 aliphatic carbocycles. The molecule has 0 aliphatic rings. The van der Waals surface area contributed by atoms with Crippen LogP contribution in [-0.4, -0.2) is 10.8 Å². The number of rotatable bonds is 3. The van der Waals surface area contributed by atoms with Gasteiger partial charge in [-0.2, -0.15) is 13.2 Å². The van der Waals surface area contributed by atoms with Crippen LogP contribution in [0.15, 0.2) is 36.4 Å². The van der Waals surface area contributed by atoms with Crippen LogP contribution in [0.25, 0.3) is 0 Å². The van der Waals surface area contributed by atoms with E-state index in [-0.39, 0.29) is 10.7 Å². The molecule has 0 aliphatic heterocycles. The lowest BCUT2D eigenvalue weighted by atomic mass is 10.1. The van der Waals surface area contributed by atoms with E-state index in [0.717, 1.165) is 18.2 Å². The molecule has 126 valence electrons. The molecule has 0 atom stereocenters. The maximum Gasteiger partial charge on any atom is 0.423 e. The standard InChI is InChI=1S/C14H7ClF4N2O3/c15-7-1-3-11(16)9(5-7)13(22)20-8-2-4-12(21(23)24)10(6-8)14(17,18)19/h1-6H,(H,20,22). The number of nitro groups is 1. The fourth-order valence-corrected chi connectivity index (χ4v) is 2.04. The summed E-state index contributed by atoms with van der Waals surface area (Å²) in [7, 11) is 0. The predicted molar refractivity (Wildman–Crippen MR) is 77.5 cm³/mol. The first-order valence-electron chi connectivity index (χ1n) is 6.21. The zero-order valence-electron chi connectivity index (χ0n) is 11.5. The average Bonchev–Trinajstić information content (AvgIpc) is 2.48. The minimum Gasteiger partial charge on any atom is -0.322 e. The van der Waals surface area contributed by atoms with Crippen LogP contribution in [-0.2, 0) is 6.18 Å². The van der Waals surface area contributed by atoms with Gasteiger partial charge in [0, 0.05) is 16.8 Å². The molecule has 0 heterocycles. The molecule has 0 unspecified atom stereocenters. The van der Waals surface area contributed by atoms with Crippen molar-refractivity contribution in [2.75, 3.05) is 5.32 Å². The number of halogens is 5. The van der Waals surface area contributed by atoms with Gasteiger partial charge in [-0.3, -0.25) is 14.9 Å². The normalized spacial score (nSPS) is 11.2. The van der Waals surface area contributed by atoms with Gasteiger partial charge in [0.2, 0.25) is 0 Å². The number of benzene rings is 2. The van der Waals surface area contributed by atoms with Gasteiger partial charge in [0.25, 0.3) is 11.6 Å². The van der Waals surface area contributed by atoms with Crippen molar-refractivity contribution in [3.63, 3.8) is 0 Å². The minimum atomic E-state index is -5.00. The summed E-state index contributed by atoms with van der Waals surface area (Å²) in [6, 6.07) is 5.04. The van der Waals surface area contributed by atoms with Gasteiger partial charge in [0.15, 0.2) is 0 Å². The SMILES string of the molecule is O=C(Nc1ccc([N+](=O)[O-])c(C(F)(F)F)c1)c1cc(Cl)ccc1F. The number of nitrogens with zero attached hydrogens (tertiary/aromatic N) is 1. The third kappa shape index (κ3) is 3.80. The lowest BCUT2D eigenvalue weighted by Crippen LogP contribution is -2.15. The molecule has 2 rings (SSSR count). The Hall–Kier alpha value is -2.68. The van der Waals surface area contributed by atoms with Crippen molar-refractivity contribution in [2.45, 2.75) is 6.18 Å². The molecule has 24 heavy (non-hydrogen) atoms. The van der Waals surface area contributed by atoms with Crippen LogP contribution >= 0.6 is 11.6 Å². The van der Waals surface area contributed by atoms with E-state index in [9.17, 15) is 32.5 Å². The highest BCUT2D eigenvalue weighted by atomic mass is 35.5. The van der Waals surface area contributed by atoms with Gasteiger partial charge in [0.05, 0.1) is 10.5 Å². The zero-order valence-corrected chi connectivity index (χ0v) is 12.3. The van der Waals surface area contributed by atoms with Crippen molar-refractivity contribution in [3.8, 4) is 0 Å². The molecule has 2 aromatic carbocycles. The first-order valence-corrected chi connectivity index (χ1v) is 6.59. The van der Waals surface area contributed by atoms with Crippen molar-refractivity contribution in [3.05, 3.63) is 68.5 Å². The van der Waals surface area contributed by atoms with Crippen LogP contribution in [0.2, 0.25) is 5.02 Å². The largest absolute Gasteiger partial charge is 0.423 e. The second kappa shape index (κ2) is 6.44. The monoisotopic (exact) mass is 362 g/mol. The average molecular weight is 363 g/mol. The van der Waals surface area contributed by atoms with E-state index in [2.05, 4.69) is 0 Å². The number of nitrogens with one attached hydrogen (secondary N) is 1. The van der Waals surface area contributed by atoms with E-state index in [1.807, 2.05) is 5.32 Å². The first kappa shape index (κ1) is 17.7. The Bertz CT molecular complexity index is 824. The van der Waals surface area contributed by atoms with Crippen LogP contribution in [0.3, 0.4) is 0 Å². The molecule has 0 saturated heterocycles. The van der Waals surface area contributed by atoms with Crippen molar-refractivity contribution in [1.82, 2.24) is 0 Å². The summed E-state index contributed by atoms with van der Waals surface area (Å²) in [6.07, 6.45) is -5.00. The Morgan fingerprint density at radius 3 is 2.42 bits per heavy atom. The van der Waals surface area contributed by atoms with Gasteiger partial charge in [-0.1, -0.05) is 11.6 Å². The summed E-state index contributed by atoms with van der Waals surface area (Å²) in [5.41, 5.74) is -3.54. The minimum absolute atomic E-state index is 0.0567. The molecule has 0 radical (unpaired) electrons. The number of hydrogen-bond acceptors (Lipinski definition) is 3. The van der Waals surface area contributed by atoms with Crippen LogP contribution in [0.5, 0.6) is 0 Å². The van der Waals surface area contributed by atoms with Gasteiger partial charge in [-0.05, 0) is 30.3 Å². The van der Waals surface area contributed by atoms with Crippen LogP contribution in [0.1, 0.15) is 15.9 Å². The number of anilines is 1. The molecule has 0 aromatic heterocycles. The summed E-state index contributed by atoms with van der Waals surface area (Å²) in [5, 5.41) is 12.8. The second-order valence-corrected chi connectivity index (χ2v) is 5.00. The third-order valence-electron chi connectivity index (χ3n) is 2.93. The Balaban J connectivity index is 2.38. The molecule has 2 aromatic rings. The summed E-state index contributed by atoms with van der Waals surface area (Å²) in [5.74, 6) is -1.97. The molecule has 0 fully saturated rings. The Morgan fingerprint density at radius 1 is 1.17 bits per heavy atom. The highest BCUT2D eigenvalue weighted by Gasteiger charge is 2.38. The molecule has 5 nitrogen and oxygen atoms in total. The van der Waals surface area contributed by atoms with Crippen molar-refractivity contribution in [1.29, 1.82) is 0 Å². The lowest BCUT2D eigenvalue weighted by molar-refractivity contribution is -0.388. The van der Waals surface area contributed by atoms with E-state index in [4.69, 9.17) is 11.6 Å². The van der Waals surface area contributed by atoms with Gasteiger partial charge >= 0.3 is 6.18 Å². The van der Waals surface area contributed by atoms with E-state index in [0.29, 0.717) is 12.1 Å². The van der Waals surface area contributed by atoms with Crippen molar-refractivity contribution < 1.29 is 27.3 Å². The van der Waals surface area contributed by atoms with Crippen molar-refractivity contribution in [2.24, 2.45) is 0 Å². The van der Waals surface area contributed by atoms with Crippen LogP contribution in [0.4, 0.5) is 28.9 Å². The molecular weight excluding hydrogens is 356 g/mol. The molecule has 1 N–H and O–H groups in total. The number of hydrogen-bond donors (Lipinski definition) is 1. The summed E-state index contributed by atoms with van der Waals surface area (Å²) < 4.78 is 52.2. The smallest absolute Gasteiger partial charge is 0.322 e. The number of nitro benzene ring substituents is 1. The quantitative estimate of drug-likeness (QED) is 0.490. The first-order chi connectivity index (χ1) is 11.1. The van der Waals surface area contributed by atoms with Crippen molar-refractivity contribution >= 4 is 28.9 Å². The number of amides is 1. The second-order valence-electron chi connectivity index (χ2n) is 4.57. The van der Waals surface area contributed by atoms with Gasteiger partial charge in [-0.25, -0.2) is 4.39 Å². The lowest BCUT2D eigenvalue weighted by Gasteiger charge is -2.11. The fraction of sp³-hybridized carbons (Fsp3) is 0.0714. The Morgan fingerprint density at radius 2 is 1.83 bits per heavy atom. The molecule has 0 bridgehead atoms. The highest BCUT2D eigenvalue weighted by Crippen LogP contribution is 2.37. The maximum absolute atomic E-state index is 13.6. The van der Waals surface area contributed by atoms with E-state index >= 15 is 0 Å². The highest BCUT2D eigenvalue weighted by molar-refractivity contribution is 6.31. The summed E-state index contributed by atoms with van der Waals surface area (Å²) >= 11 is 5.63. The molecule has 1 amide bonds. The molecule has 0 saturated carbocycles. The molecule has 0 spiro atoms.